The summed E-state index contributed by atoms with van der Waals surface area (Å²) >= 11 is 7.66. The second-order valence-electron chi connectivity index (χ2n) is 4.69. The summed E-state index contributed by atoms with van der Waals surface area (Å²) < 4.78 is 5.99. The number of hydrogen-bond acceptors (Lipinski definition) is 5. The molecule has 4 nitrogen and oxygen atoms in total. The Morgan fingerprint density at radius 1 is 1.19 bits per heavy atom. The van der Waals surface area contributed by atoms with Crippen molar-refractivity contribution in [1.82, 2.24) is 9.97 Å². The van der Waals surface area contributed by atoms with Crippen LogP contribution in [0.2, 0.25) is 5.02 Å². The first kappa shape index (κ1) is 14.1. The van der Waals surface area contributed by atoms with Crippen LogP contribution in [0.1, 0.15) is 10.4 Å². The molecule has 3 rings (SSSR count). The maximum absolute atomic E-state index is 6.04. The Hall–Kier alpha value is -1.85. The van der Waals surface area contributed by atoms with Crippen LogP contribution >= 0.6 is 22.9 Å². The Bertz CT molecular complexity index is 816. The molecule has 0 aliphatic heterocycles. The Kier molecular flexibility index (Phi) is 3.69. The number of thiophene rings is 1. The van der Waals surface area contributed by atoms with Gasteiger partial charge in [0.1, 0.15) is 10.6 Å². The van der Waals surface area contributed by atoms with E-state index in [1.807, 2.05) is 32.0 Å². The lowest BCUT2D eigenvalue weighted by molar-refractivity contribution is 0.465. The lowest BCUT2D eigenvalue weighted by atomic mass is 10.2. The molecule has 0 radical (unpaired) electrons. The van der Waals surface area contributed by atoms with Gasteiger partial charge in [-0.2, -0.15) is 4.98 Å². The van der Waals surface area contributed by atoms with Gasteiger partial charge in [-0.3, -0.25) is 0 Å². The molecule has 3 aromatic rings. The van der Waals surface area contributed by atoms with Crippen molar-refractivity contribution in [2.75, 3.05) is 12.4 Å². The van der Waals surface area contributed by atoms with Gasteiger partial charge in [0.25, 0.3) is 0 Å². The topological polar surface area (TPSA) is 47.0 Å². The molecule has 0 atom stereocenters. The van der Waals surface area contributed by atoms with Gasteiger partial charge >= 0.3 is 0 Å². The van der Waals surface area contributed by atoms with Gasteiger partial charge in [-0.1, -0.05) is 17.7 Å². The van der Waals surface area contributed by atoms with E-state index in [1.165, 1.54) is 4.88 Å². The average molecular weight is 320 g/mol. The first-order valence-corrected chi connectivity index (χ1v) is 7.66. The molecule has 1 aromatic carbocycles. The van der Waals surface area contributed by atoms with Crippen molar-refractivity contribution in [3.05, 3.63) is 39.7 Å². The molecule has 0 bridgehead atoms. The number of nitrogens with zero attached hydrogens (tertiary/aromatic N) is 2. The minimum atomic E-state index is 0.541. The number of halogens is 1. The highest BCUT2D eigenvalue weighted by Gasteiger charge is 2.13. The lowest BCUT2D eigenvalue weighted by Crippen LogP contribution is -1.98. The summed E-state index contributed by atoms with van der Waals surface area (Å²) in [6.07, 6.45) is 0. The second kappa shape index (κ2) is 5.50. The van der Waals surface area contributed by atoms with Gasteiger partial charge in [0, 0.05) is 16.9 Å². The molecule has 0 unspecified atom stereocenters. The fraction of sp³-hybridized carbons (Fsp3) is 0.200. The molecule has 21 heavy (non-hydrogen) atoms. The highest BCUT2D eigenvalue weighted by molar-refractivity contribution is 7.18. The maximum Gasteiger partial charge on any atom is 0.232 e. The first-order valence-electron chi connectivity index (χ1n) is 6.47. The van der Waals surface area contributed by atoms with Crippen LogP contribution < -0.4 is 10.1 Å². The summed E-state index contributed by atoms with van der Waals surface area (Å²) in [5.41, 5.74) is 1.00. The molecule has 2 aromatic heterocycles. The molecule has 6 heteroatoms. The first-order chi connectivity index (χ1) is 10.1. The average Bonchev–Trinajstić information content (AvgIpc) is 2.83. The van der Waals surface area contributed by atoms with Gasteiger partial charge in [0.15, 0.2) is 0 Å². The predicted molar refractivity (Wildman–Crippen MR) is 88.0 cm³/mol. The zero-order valence-electron chi connectivity index (χ0n) is 11.9. The number of aryl methyl sites for hydroxylation is 2. The van der Waals surface area contributed by atoms with Gasteiger partial charge in [0.2, 0.25) is 11.8 Å². The van der Waals surface area contributed by atoms with Crippen molar-refractivity contribution >= 4 is 39.1 Å². The number of fused-ring (bicyclic) bond motifs is 1. The molecule has 0 saturated carbocycles. The molecule has 0 fully saturated rings. The molecule has 1 N–H and O–H groups in total. The Balaban J connectivity index is 2.12. The van der Waals surface area contributed by atoms with Gasteiger partial charge in [-0.05, 0) is 37.6 Å². The summed E-state index contributed by atoms with van der Waals surface area (Å²) in [5, 5.41) is 4.51. The van der Waals surface area contributed by atoms with Crippen molar-refractivity contribution in [2.45, 2.75) is 13.8 Å². The van der Waals surface area contributed by atoms with Crippen molar-refractivity contribution < 1.29 is 4.74 Å². The maximum atomic E-state index is 6.04. The third-order valence-electron chi connectivity index (χ3n) is 3.06. The molecular weight excluding hydrogens is 306 g/mol. The predicted octanol–water partition coefficient (Wildman–Crippen LogP) is 4.80. The van der Waals surface area contributed by atoms with Crippen molar-refractivity contribution in [2.24, 2.45) is 0 Å². The van der Waals surface area contributed by atoms with Crippen molar-refractivity contribution in [3.63, 3.8) is 0 Å². The zero-order chi connectivity index (χ0) is 15.0. The van der Waals surface area contributed by atoms with E-state index in [2.05, 4.69) is 15.3 Å². The molecule has 108 valence electrons. The van der Waals surface area contributed by atoms with Crippen LogP contribution in [-0.2, 0) is 0 Å². The van der Waals surface area contributed by atoms with Gasteiger partial charge < -0.3 is 10.1 Å². The van der Waals surface area contributed by atoms with E-state index in [9.17, 15) is 0 Å². The standard InChI is InChI=1S/C15H14ClN3OS/c1-8-4-5-10(16)7-12(8)20-13-11-6-9(2)21-14(11)19-15(17-3)18-13/h4-7H,1-3H3,(H,17,18,19). The van der Waals surface area contributed by atoms with E-state index in [1.54, 1.807) is 24.5 Å². The van der Waals surface area contributed by atoms with Crippen LogP contribution in [0.25, 0.3) is 10.2 Å². The number of anilines is 1. The molecule has 0 aliphatic rings. The monoisotopic (exact) mass is 319 g/mol. The van der Waals surface area contributed by atoms with Crippen LogP contribution in [0.3, 0.4) is 0 Å². The van der Waals surface area contributed by atoms with Crippen LogP contribution in [-0.4, -0.2) is 17.0 Å². The largest absolute Gasteiger partial charge is 0.438 e. The van der Waals surface area contributed by atoms with E-state index in [0.717, 1.165) is 15.8 Å². The Morgan fingerprint density at radius 3 is 2.76 bits per heavy atom. The summed E-state index contributed by atoms with van der Waals surface area (Å²) in [4.78, 5) is 10.9. The molecular formula is C15H14ClN3OS. The molecule has 0 aliphatic carbocycles. The summed E-state index contributed by atoms with van der Waals surface area (Å²) in [5.74, 6) is 1.78. The Labute approximate surface area is 131 Å². The SMILES string of the molecule is CNc1nc(Oc2cc(Cl)ccc2C)c2cc(C)sc2n1. The highest BCUT2D eigenvalue weighted by Crippen LogP contribution is 2.35. The molecule has 0 amide bonds. The quantitative estimate of drug-likeness (QED) is 0.753. The number of aromatic nitrogens is 2. The second-order valence-corrected chi connectivity index (χ2v) is 6.36. The van der Waals surface area contributed by atoms with Crippen LogP contribution in [0, 0.1) is 13.8 Å². The van der Waals surface area contributed by atoms with Gasteiger partial charge in [-0.15, -0.1) is 11.3 Å². The minimum absolute atomic E-state index is 0.541. The summed E-state index contributed by atoms with van der Waals surface area (Å²) in [6, 6.07) is 7.60. The van der Waals surface area contributed by atoms with Crippen LogP contribution in [0.5, 0.6) is 11.6 Å². The van der Waals surface area contributed by atoms with E-state index in [4.69, 9.17) is 16.3 Å². The third kappa shape index (κ3) is 2.80. The highest BCUT2D eigenvalue weighted by atomic mass is 35.5. The molecule has 0 spiro atoms. The summed E-state index contributed by atoms with van der Waals surface area (Å²) in [6.45, 7) is 4.02. The van der Waals surface area contributed by atoms with Crippen LogP contribution in [0.4, 0.5) is 5.95 Å². The van der Waals surface area contributed by atoms with Crippen molar-refractivity contribution in [1.29, 1.82) is 0 Å². The molecule has 0 saturated heterocycles. The van der Waals surface area contributed by atoms with Crippen LogP contribution in [0.15, 0.2) is 24.3 Å². The summed E-state index contributed by atoms with van der Waals surface area (Å²) in [7, 11) is 1.79. The zero-order valence-corrected chi connectivity index (χ0v) is 13.5. The fourth-order valence-corrected chi connectivity index (χ4v) is 3.03. The number of ether oxygens (including phenoxy) is 1. The molecule has 2 heterocycles. The Morgan fingerprint density at radius 2 is 2.00 bits per heavy atom. The fourth-order valence-electron chi connectivity index (χ4n) is 1.99. The van der Waals surface area contributed by atoms with E-state index < -0.39 is 0 Å². The number of benzene rings is 1. The number of nitrogens with one attached hydrogen (secondary N) is 1. The van der Waals surface area contributed by atoms with E-state index in [-0.39, 0.29) is 0 Å². The minimum Gasteiger partial charge on any atom is -0.438 e. The van der Waals surface area contributed by atoms with E-state index >= 15 is 0 Å². The normalized spacial score (nSPS) is 10.9. The smallest absolute Gasteiger partial charge is 0.232 e. The lowest BCUT2D eigenvalue weighted by Gasteiger charge is -2.10. The number of rotatable bonds is 3. The van der Waals surface area contributed by atoms with E-state index in [0.29, 0.717) is 22.6 Å². The van der Waals surface area contributed by atoms with Crippen molar-refractivity contribution in [3.8, 4) is 11.6 Å². The number of hydrogen-bond donors (Lipinski definition) is 1. The van der Waals surface area contributed by atoms with Gasteiger partial charge in [-0.25, -0.2) is 4.98 Å². The van der Waals surface area contributed by atoms with Gasteiger partial charge in [0.05, 0.1) is 5.39 Å². The third-order valence-corrected chi connectivity index (χ3v) is 4.24.